The molecule has 3 rings (SSSR count). The first-order chi connectivity index (χ1) is 15.3. The van der Waals surface area contributed by atoms with E-state index in [0.29, 0.717) is 43.2 Å². The van der Waals surface area contributed by atoms with Crippen molar-refractivity contribution in [2.75, 3.05) is 38.1 Å². The van der Waals surface area contributed by atoms with Crippen molar-refractivity contribution in [2.45, 2.75) is 17.7 Å². The molecule has 8 nitrogen and oxygen atoms in total. The van der Waals surface area contributed by atoms with Crippen LogP contribution in [0.2, 0.25) is 5.02 Å². The lowest BCUT2D eigenvalue weighted by atomic mass is 9.96. The molecule has 0 bridgehead atoms. The molecule has 2 amide bonds. The second-order valence-corrected chi connectivity index (χ2v) is 9.63. The van der Waals surface area contributed by atoms with E-state index in [4.69, 9.17) is 16.3 Å². The number of nitrogens with zero attached hydrogens (tertiary/aromatic N) is 1. The molecule has 1 saturated heterocycles. The number of hydrogen-bond acceptors (Lipinski definition) is 5. The second kappa shape index (κ2) is 10.8. The molecule has 1 aliphatic rings. The predicted molar refractivity (Wildman–Crippen MR) is 122 cm³/mol. The van der Waals surface area contributed by atoms with Gasteiger partial charge in [0, 0.05) is 43.0 Å². The largest absolute Gasteiger partial charge is 0.383 e. The number of hydrogen-bond donors (Lipinski definition) is 2. The number of nitrogens with one attached hydrogen (secondary N) is 2. The van der Waals surface area contributed by atoms with Crippen LogP contribution < -0.4 is 10.0 Å². The van der Waals surface area contributed by atoms with Gasteiger partial charge in [0.05, 0.1) is 17.4 Å². The number of carbonyl (C=O) groups excluding carboxylic acids is 2. The monoisotopic (exact) mass is 479 g/mol. The zero-order valence-electron chi connectivity index (χ0n) is 17.7. The van der Waals surface area contributed by atoms with Gasteiger partial charge in [-0.2, -0.15) is 0 Å². The fourth-order valence-electron chi connectivity index (χ4n) is 3.52. The number of rotatable bonds is 8. The number of piperidine rings is 1. The molecule has 0 aliphatic carbocycles. The van der Waals surface area contributed by atoms with E-state index < -0.39 is 10.0 Å². The van der Waals surface area contributed by atoms with Gasteiger partial charge in [0.25, 0.3) is 15.9 Å². The van der Waals surface area contributed by atoms with Gasteiger partial charge in [-0.25, -0.2) is 8.42 Å². The van der Waals surface area contributed by atoms with Gasteiger partial charge >= 0.3 is 0 Å². The van der Waals surface area contributed by atoms with Crippen molar-refractivity contribution in [3.63, 3.8) is 0 Å². The first-order valence-corrected chi connectivity index (χ1v) is 12.1. The van der Waals surface area contributed by atoms with Crippen molar-refractivity contribution in [1.82, 2.24) is 10.2 Å². The maximum atomic E-state index is 13.0. The highest BCUT2D eigenvalue weighted by molar-refractivity contribution is 7.92. The van der Waals surface area contributed by atoms with Crippen molar-refractivity contribution in [3.05, 3.63) is 59.1 Å². The van der Waals surface area contributed by atoms with E-state index in [-0.39, 0.29) is 28.3 Å². The first-order valence-electron chi connectivity index (χ1n) is 10.2. The number of benzene rings is 2. The molecule has 1 heterocycles. The molecular weight excluding hydrogens is 454 g/mol. The van der Waals surface area contributed by atoms with Crippen LogP contribution in [0.1, 0.15) is 23.2 Å². The molecule has 10 heteroatoms. The van der Waals surface area contributed by atoms with E-state index in [2.05, 4.69) is 10.0 Å². The molecule has 32 heavy (non-hydrogen) atoms. The van der Waals surface area contributed by atoms with E-state index in [9.17, 15) is 18.0 Å². The summed E-state index contributed by atoms with van der Waals surface area (Å²) in [6.45, 7) is 1.72. The van der Waals surface area contributed by atoms with Crippen LogP contribution in [0.5, 0.6) is 0 Å². The minimum atomic E-state index is -3.83. The summed E-state index contributed by atoms with van der Waals surface area (Å²) in [6.07, 6.45) is 1.43. The first kappa shape index (κ1) is 24.0. The van der Waals surface area contributed by atoms with Crippen LogP contribution in [0.15, 0.2) is 53.4 Å². The molecule has 1 atom stereocenters. The molecule has 0 aromatic heterocycles. The Kier molecular flexibility index (Phi) is 8.11. The molecule has 1 fully saturated rings. The van der Waals surface area contributed by atoms with E-state index in [0.717, 1.165) is 6.42 Å². The number of amides is 2. The van der Waals surface area contributed by atoms with Crippen molar-refractivity contribution in [1.29, 1.82) is 0 Å². The van der Waals surface area contributed by atoms with Crippen LogP contribution in [0.4, 0.5) is 5.69 Å². The maximum absolute atomic E-state index is 13.0. The summed E-state index contributed by atoms with van der Waals surface area (Å²) in [5.41, 5.74) is 0.624. The number of anilines is 1. The summed E-state index contributed by atoms with van der Waals surface area (Å²) in [4.78, 5) is 27.1. The lowest BCUT2D eigenvalue weighted by molar-refractivity contribution is -0.126. The lowest BCUT2D eigenvalue weighted by Gasteiger charge is -2.32. The fourth-order valence-corrected chi connectivity index (χ4v) is 4.70. The molecular formula is C22H26ClN3O5S. The Morgan fingerprint density at radius 3 is 2.66 bits per heavy atom. The number of likely N-dealkylation sites (tertiary alicyclic amines) is 1. The van der Waals surface area contributed by atoms with Crippen molar-refractivity contribution in [2.24, 2.45) is 5.92 Å². The normalized spacial score (nSPS) is 16.4. The molecule has 0 radical (unpaired) electrons. The molecule has 0 saturated carbocycles. The average molecular weight is 480 g/mol. The van der Waals surface area contributed by atoms with Crippen molar-refractivity contribution >= 4 is 39.1 Å². The highest BCUT2D eigenvalue weighted by Crippen LogP contribution is 2.22. The van der Waals surface area contributed by atoms with Crippen molar-refractivity contribution < 1.29 is 22.7 Å². The van der Waals surface area contributed by atoms with Crippen LogP contribution >= 0.6 is 11.6 Å². The Labute approximate surface area is 192 Å². The predicted octanol–water partition coefficient (Wildman–Crippen LogP) is 2.76. The highest BCUT2D eigenvalue weighted by Gasteiger charge is 2.29. The van der Waals surface area contributed by atoms with Gasteiger partial charge in [-0.15, -0.1) is 0 Å². The molecule has 0 spiro atoms. The standard InChI is InChI=1S/C22H26ClN3O5S/c1-31-13-11-24-21(27)17-5-3-12-26(15-17)22(28)16-4-2-6-19(14-16)25-32(29,30)20-9-7-18(23)8-10-20/h2,4,6-10,14,17,25H,3,5,11-13,15H2,1H3,(H,24,27)/t17-/m0/s1. The molecule has 0 unspecified atom stereocenters. The third-order valence-electron chi connectivity index (χ3n) is 5.17. The maximum Gasteiger partial charge on any atom is 0.261 e. The van der Waals surface area contributed by atoms with Gasteiger partial charge in [0.2, 0.25) is 5.91 Å². The molecule has 2 aromatic rings. The number of methoxy groups -OCH3 is 1. The Balaban J connectivity index is 1.68. The van der Waals surface area contributed by atoms with Crippen molar-refractivity contribution in [3.8, 4) is 0 Å². The number of sulfonamides is 1. The van der Waals surface area contributed by atoms with Gasteiger partial charge < -0.3 is 15.0 Å². The zero-order valence-corrected chi connectivity index (χ0v) is 19.3. The number of ether oxygens (including phenoxy) is 1. The molecule has 172 valence electrons. The minimum Gasteiger partial charge on any atom is -0.383 e. The Morgan fingerprint density at radius 2 is 1.94 bits per heavy atom. The van der Waals surface area contributed by atoms with Crippen LogP contribution in [-0.2, 0) is 19.6 Å². The van der Waals surface area contributed by atoms with E-state index in [1.165, 1.54) is 30.3 Å². The summed E-state index contributed by atoms with van der Waals surface area (Å²) in [5, 5.41) is 3.25. The fraction of sp³-hybridized carbons (Fsp3) is 0.364. The SMILES string of the molecule is COCCNC(=O)[C@H]1CCCN(C(=O)c2cccc(NS(=O)(=O)c3ccc(Cl)cc3)c2)C1. The van der Waals surface area contributed by atoms with Gasteiger partial charge in [-0.3, -0.25) is 14.3 Å². The zero-order chi connectivity index (χ0) is 23.1. The third-order valence-corrected chi connectivity index (χ3v) is 6.82. The van der Waals surface area contributed by atoms with E-state index in [1.54, 1.807) is 30.2 Å². The summed E-state index contributed by atoms with van der Waals surface area (Å²) >= 11 is 5.82. The van der Waals surface area contributed by atoms with Crippen LogP contribution in [0, 0.1) is 5.92 Å². The van der Waals surface area contributed by atoms with E-state index in [1.807, 2.05) is 0 Å². The van der Waals surface area contributed by atoms with Crippen LogP contribution in [0.3, 0.4) is 0 Å². The van der Waals surface area contributed by atoms with Gasteiger partial charge in [0.1, 0.15) is 0 Å². The lowest BCUT2D eigenvalue weighted by Crippen LogP contribution is -2.45. The number of carbonyl (C=O) groups is 2. The van der Waals surface area contributed by atoms with Gasteiger partial charge in [0.15, 0.2) is 0 Å². The molecule has 2 aromatic carbocycles. The minimum absolute atomic E-state index is 0.0667. The summed E-state index contributed by atoms with van der Waals surface area (Å²) < 4.78 is 32.7. The summed E-state index contributed by atoms with van der Waals surface area (Å²) in [6, 6.07) is 12.1. The topological polar surface area (TPSA) is 105 Å². The van der Waals surface area contributed by atoms with Crippen LogP contribution in [-0.4, -0.2) is 58.5 Å². The number of halogens is 1. The Hall–Kier alpha value is -2.62. The second-order valence-electron chi connectivity index (χ2n) is 7.51. The Morgan fingerprint density at radius 1 is 1.19 bits per heavy atom. The summed E-state index contributed by atoms with van der Waals surface area (Å²) in [5.74, 6) is -0.618. The smallest absolute Gasteiger partial charge is 0.261 e. The average Bonchev–Trinajstić information content (AvgIpc) is 2.79. The molecule has 1 aliphatic heterocycles. The van der Waals surface area contributed by atoms with Gasteiger partial charge in [-0.1, -0.05) is 17.7 Å². The highest BCUT2D eigenvalue weighted by atomic mass is 35.5. The van der Waals surface area contributed by atoms with E-state index >= 15 is 0 Å². The quantitative estimate of drug-likeness (QED) is 0.566. The van der Waals surface area contributed by atoms with Gasteiger partial charge in [-0.05, 0) is 55.3 Å². The Bertz CT molecular complexity index is 1060. The van der Waals surface area contributed by atoms with Crippen LogP contribution in [0.25, 0.3) is 0 Å². The molecule has 2 N–H and O–H groups in total. The summed E-state index contributed by atoms with van der Waals surface area (Å²) in [7, 11) is -2.26. The third kappa shape index (κ3) is 6.21.